The summed E-state index contributed by atoms with van der Waals surface area (Å²) in [6, 6.07) is 13.4. The smallest absolute Gasteiger partial charge is 0.244 e. The van der Waals surface area contributed by atoms with Crippen LogP contribution in [0.3, 0.4) is 0 Å². The highest BCUT2D eigenvalue weighted by Crippen LogP contribution is 2.21. The van der Waals surface area contributed by atoms with E-state index in [-0.39, 0.29) is 18.4 Å². The molecule has 0 atom stereocenters. The number of methoxy groups -OCH3 is 1. The maximum atomic E-state index is 12.4. The molecule has 2 aromatic carbocycles. The fourth-order valence-corrected chi connectivity index (χ4v) is 3.55. The van der Waals surface area contributed by atoms with Crippen molar-refractivity contribution in [1.29, 1.82) is 0 Å². The third-order valence-electron chi connectivity index (χ3n) is 5.02. The van der Waals surface area contributed by atoms with Gasteiger partial charge in [-0.3, -0.25) is 9.59 Å². The van der Waals surface area contributed by atoms with Crippen molar-refractivity contribution in [3.8, 4) is 5.75 Å². The third-order valence-corrected chi connectivity index (χ3v) is 5.25. The number of hydrogen-bond acceptors (Lipinski definition) is 4. The number of ether oxygens (including phenoxy) is 1. The SMILES string of the molecule is COc1ccc(C)cc1/C=C/C(=O)NCC(=O)N1CCN(c2cccc(Cl)c2)CC1. The first-order valence-electron chi connectivity index (χ1n) is 9.85. The van der Waals surface area contributed by atoms with Gasteiger partial charge in [0, 0.05) is 48.5 Å². The predicted octanol–water partition coefficient (Wildman–Crippen LogP) is 3.14. The Morgan fingerprint density at radius 2 is 1.90 bits per heavy atom. The molecule has 1 aliphatic heterocycles. The number of rotatable bonds is 6. The van der Waals surface area contributed by atoms with Crippen molar-refractivity contribution < 1.29 is 14.3 Å². The van der Waals surface area contributed by atoms with Gasteiger partial charge in [0.15, 0.2) is 0 Å². The van der Waals surface area contributed by atoms with Gasteiger partial charge in [0.05, 0.1) is 13.7 Å². The Labute approximate surface area is 182 Å². The Balaban J connectivity index is 1.47. The van der Waals surface area contributed by atoms with Crippen molar-refractivity contribution in [1.82, 2.24) is 10.2 Å². The van der Waals surface area contributed by atoms with E-state index in [9.17, 15) is 9.59 Å². The van der Waals surface area contributed by atoms with E-state index in [1.165, 1.54) is 6.08 Å². The molecule has 0 aromatic heterocycles. The monoisotopic (exact) mass is 427 g/mol. The lowest BCUT2D eigenvalue weighted by Crippen LogP contribution is -2.51. The van der Waals surface area contributed by atoms with Crippen LogP contribution >= 0.6 is 11.6 Å². The van der Waals surface area contributed by atoms with Crippen molar-refractivity contribution in [3.05, 3.63) is 64.7 Å². The number of halogens is 1. The molecule has 0 saturated carbocycles. The van der Waals surface area contributed by atoms with E-state index >= 15 is 0 Å². The predicted molar refractivity (Wildman–Crippen MR) is 120 cm³/mol. The molecule has 30 heavy (non-hydrogen) atoms. The van der Waals surface area contributed by atoms with E-state index in [1.807, 2.05) is 49.4 Å². The first-order valence-corrected chi connectivity index (χ1v) is 10.2. The van der Waals surface area contributed by atoms with Crippen LogP contribution in [0.5, 0.6) is 5.75 Å². The second kappa shape index (κ2) is 10.2. The Hall–Kier alpha value is -2.99. The number of amides is 2. The highest BCUT2D eigenvalue weighted by Gasteiger charge is 2.21. The van der Waals surface area contributed by atoms with Crippen LogP contribution in [0, 0.1) is 6.92 Å². The molecule has 2 amide bonds. The van der Waals surface area contributed by atoms with Gasteiger partial charge in [-0.05, 0) is 43.3 Å². The molecule has 0 aliphatic carbocycles. The minimum Gasteiger partial charge on any atom is -0.496 e. The zero-order valence-corrected chi connectivity index (χ0v) is 18.0. The second-order valence-electron chi connectivity index (χ2n) is 7.14. The van der Waals surface area contributed by atoms with E-state index in [4.69, 9.17) is 16.3 Å². The van der Waals surface area contributed by atoms with Gasteiger partial charge < -0.3 is 19.9 Å². The Kier molecular flexibility index (Phi) is 7.36. The average molecular weight is 428 g/mol. The quantitative estimate of drug-likeness (QED) is 0.719. The van der Waals surface area contributed by atoms with Gasteiger partial charge >= 0.3 is 0 Å². The second-order valence-corrected chi connectivity index (χ2v) is 7.58. The number of nitrogens with one attached hydrogen (secondary N) is 1. The summed E-state index contributed by atoms with van der Waals surface area (Å²) in [5.41, 5.74) is 2.94. The standard InChI is InChI=1S/C23H26ClN3O3/c1-17-6-8-21(30-2)18(14-17)7-9-22(28)25-16-23(29)27-12-10-26(11-13-27)20-5-3-4-19(24)15-20/h3-9,14-15H,10-13,16H2,1-2H3,(H,25,28)/b9-7+. The molecule has 1 aliphatic rings. The number of carbonyl (C=O) groups is 2. The van der Waals surface area contributed by atoms with Gasteiger partial charge in [-0.25, -0.2) is 0 Å². The molecule has 0 radical (unpaired) electrons. The molecular formula is C23H26ClN3O3. The molecule has 158 valence electrons. The van der Waals surface area contributed by atoms with E-state index in [0.717, 1.165) is 29.9 Å². The van der Waals surface area contributed by atoms with Crippen LogP contribution in [-0.2, 0) is 9.59 Å². The van der Waals surface area contributed by atoms with Gasteiger partial charge in [-0.1, -0.05) is 29.3 Å². The normalized spacial score (nSPS) is 14.1. The summed E-state index contributed by atoms with van der Waals surface area (Å²) in [6.07, 6.45) is 3.11. The van der Waals surface area contributed by atoms with Crippen LogP contribution in [0.1, 0.15) is 11.1 Å². The number of aryl methyl sites for hydroxylation is 1. The van der Waals surface area contributed by atoms with Crippen molar-refractivity contribution in [2.75, 3.05) is 44.7 Å². The zero-order valence-electron chi connectivity index (χ0n) is 17.2. The third kappa shape index (κ3) is 5.76. The zero-order chi connectivity index (χ0) is 21.5. The van der Waals surface area contributed by atoms with Gasteiger partial charge in [-0.15, -0.1) is 0 Å². The number of nitrogens with zero attached hydrogens (tertiary/aromatic N) is 2. The minimum absolute atomic E-state index is 0.0225. The molecule has 3 rings (SSSR count). The van der Waals surface area contributed by atoms with Crippen molar-refractivity contribution in [2.24, 2.45) is 0 Å². The molecular weight excluding hydrogens is 402 g/mol. The highest BCUT2D eigenvalue weighted by atomic mass is 35.5. The van der Waals surface area contributed by atoms with Gasteiger partial charge in [0.25, 0.3) is 0 Å². The average Bonchev–Trinajstić information content (AvgIpc) is 2.76. The summed E-state index contributed by atoms with van der Waals surface area (Å²) >= 11 is 6.06. The molecule has 1 heterocycles. The van der Waals surface area contributed by atoms with Crippen molar-refractivity contribution in [2.45, 2.75) is 6.92 Å². The number of anilines is 1. The molecule has 0 spiro atoms. The van der Waals surface area contributed by atoms with Crippen LogP contribution in [0.15, 0.2) is 48.5 Å². The maximum Gasteiger partial charge on any atom is 0.244 e. The van der Waals surface area contributed by atoms with Crippen molar-refractivity contribution in [3.63, 3.8) is 0 Å². The molecule has 2 aromatic rings. The summed E-state index contributed by atoms with van der Waals surface area (Å²) in [4.78, 5) is 28.5. The first-order chi connectivity index (χ1) is 14.5. The summed E-state index contributed by atoms with van der Waals surface area (Å²) < 4.78 is 5.30. The van der Waals surface area contributed by atoms with Gasteiger partial charge in [0.2, 0.25) is 11.8 Å². The summed E-state index contributed by atoms with van der Waals surface area (Å²) in [6.45, 7) is 4.63. The molecule has 6 nitrogen and oxygen atoms in total. The minimum atomic E-state index is -0.315. The lowest BCUT2D eigenvalue weighted by Gasteiger charge is -2.36. The summed E-state index contributed by atoms with van der Waals surface area (Å²) in [5, 5.41) is 3.36. The topological polar surface area (TPSA) is 61.9 Å². The van der Waals surface area contributed by atoms with Crippen LogP contribution < -0.4 is 15.0 Å². The van der Waals surface area contributed by atoms with Crippen LogP contribution in [0.4, 0.5) is 5.69 Å². The Bertz CT molecular complexity index is 937. The largest absolute Gasteiger partial charge is 0.496 e. The van der Waals surface area contributed by atoms with E-state index in [1.54, 1.807) is 18.1 Å². The van der Waals surface area contributed by atoms with E-state index < -0.39 is 0 Å². The highest BCUT2D eigenvalue weighted by molar-refractivity contribution is 6.30. The summed E-state index contributed by atoms with van der Waals surface area (Å²) in [5.74, 6) is 0.290. The number of carbonyl (C=O) groups excluding carboxylic acids is 2. The fourth-order valence-electron chi connectivity index (χ4n) is 3.37. The molecule has 1 saturated heterocycles. The fraction of sp³-hybridized carbons (Fsp3) is 0.304. The lowest BCUT2D eigenvalue weighted by molar-refractivity contribution is -0.132. The molecule has 7 heteroatoms. The van der Waals surface area contributed by atoms with Crippen molar-refractivity contribution >= 4 is 35.2 Å². The van der Waals surface area contributed by atoms with Crippen LogP contribution in [0.25, 0.3) is 6.08 Å². The molecule has 1 fully saturated rings. The number of benzene rings is 2. The number of hydrogen-bond donors (Lipinski definition) is 1. The molecule has 1 N–H and O–H groups in total. The maximum absolute atomic E-state index is 12.4. The summed E-state index contributed by atoms with van der Waals surface area (Å²) in [7, 11) is 1.59. The van der Waals surface area contributed by atoms with E-state index in [0.29, 0.717) is 23.9 Å². The Morgan fingerprint density at radius 1 is 1.13 bits per heavy atom. The van der Waals surface area contributed by atoms with Gasteiger partial charge in [-0.2, -0.15) is 0 Å². The van der Waals surface area contributed by atoms with E-state index in [2.05, 4.69) is 10.2 Å². The lowest BCUT2D eigenvalue weighted by atomic mass is 10.1. The number of piperazine rings is 1. The first kappa shape index (κ1) is 21.7. The van der Waals surface area contributed by atoms with Crippen LogP contribution in [-0.4, -0.2) is 56.5 Å². The van der Waals surface area contributed by atoms with Crippen LogP contribution in [0.2, 0.25) is 5.02 Å². The molecule has 0 unspecified atom stereocenters. The Morgan fingerprint density at radius 3 is 2.60 bits per heavy atom. The molecule has 0 bridgehead atoms. The van der Waals surface area contributed by atoms with Gasteiger partial charge in [0.1, 0.15) is 5.75 Å².